The molecule has 0 fully saturated rings. The van der Waals surface area contributed by atoms with Crippen molar-refractivity contribution < 1.29 is 9.53 Å². The Kier molecular flexibility index (Phi) is 3.10. The number of benzene rings is 1. The summed E-state index contributed by atoms with van der Waals surface area (Å²) in [6, 6.07) is 11.6. The highest BCUT2D eigenvalue weighted by molar-refractivity contribution is 7.23. The second-order valence-electron chi connectivity index (χ2n) is 3.25. The number of ether oxygens (including phenoxy) is 1. The van der Waals surface area contributed by atoms with E-state index in [4.69, 9.17) is 7.85 Å². The highest BCUT2D eigenvalue weighted by atomic mass is 32.1. The number of esters is 1. The van der Waals surface area contributed by atoms with Crippen LogP contribution >= 0.6 is 11.3 Å². The average molecular weight is 228 g/mol. The molecule has 78 valence electrons. The van der Waals surface area contributed by atoms with E-state index in [1.54, 1.807) is 6.07 Å². The van der Waals surface area contributed by atoms with E-state index in [1.165, 1.54) is 18.4 Å². The summed E-state index contributed by atoms with van der Waals surface area (Å²) in [6.45, 7) is 0. The van der Waals surface area contributed by atoms with Crippen LogP contribution in [0.5, 0.6) is 0 Å². The van der Waals surface area contributed by atoms with E-state index in [9.17, 15) is 4.79 Å². The van der Waals surface area contributed by atoms with Gasteiger partial charge in [0.05, 0.1) is 12.7 Å². The fraction of sp³-hybridized carbons (Fsp3) is 0.0833. The van der Waals surface area contributed by atoms with E-state index in [2.05, 4.69) is 4.74 Å². The maximum atomic E-state index is 11.4. The molecule has 0 bridgehead atoms. The lowest BCUT2D eigenvalue weighted by Crippen LogP contribution is -2.11. The number of methoxy groups -OCH3 is 1. The second-order valence-corrected chi connectivity index (χ2v) is 4.33. The van der Waals surface area contributed by atoms with Gasteiger partial charge in [0, 0.05) is 4.88 Å². The van der Waals surface area contributed by atoms with E-state index >= 15 is 0 Å². The van der Waals surface area contributed by atoms with Gasteiger partial charge in [-0.3, -0.25) is 0 Å². The van der Waals surface area contributed by atoms with Crippen LogP contribution in [0.25, 0.3) is 10.4 Å². The summed E-state index contributed by atoms with van der Waals surface area (Å²) in [7, 11) is 7.12. The van der Waals surface area contributed by atoms with Gasteiger partial charge in [0.15, 0.2) is 0 Å². The maximum Gasteiger partial charge on any atom is 0.338 e. The van der Waals surface area contributed by atoms with Crippen LogP contribution in [0, 0.1) is 0 Å². The molecule has 0 aliphatic heterocycles. The Morgan fingerprint density at radius 3 is 2.62 bits per heavy atom. The Balaban J connectivity index is 2.42. The lowest BCUT2D eigenvalue weighted by atomic mass is 10.0. The van der Waals surface area contributed by atoms with Crippen molar-refractivity contribution in [2.24, 2.45) is 0 Å². The Hall–Kier alpha value is -1.55. The molecule has 2 radical (unpaired) electrons. The average Bonchev–Trinajstić information content (AvgIpc) is 2.71. The summed E-state index contributed by atoms with van der Waals surface area (Å²) in [5.41, 5.74) is 1.49. The van der Waals surface area contributed by atoms with Crippen molar-refractivity contribution >= 4 is 29.9 Å². The standard InChI is InChI=1S/C12H9BO2S/c1-15-12(14)9-7-10(16-11(9)13)8-5-3-2-4-6-8/h2-7H,1H3. The van der Waals surface area contributed by atoms with Crippen LogP contribution in [-0.2, 0) is 4.74 Å². The van der Waals surface area contributed by atoms with Crippen molar-refractivity contribution in [1.29, 1.82) is 0 Å². The number of rotatable bonds is 2. The molecule has 0 spiro atoms. The summed E-state index contributed by atoms with van der Waals surface area (Å²) in [6.07, 6.45) is 0. The molecule has 2 rings (SSSR count). The zero-order valence-corrected chi connectivity index (χ0v) is 9.58. The van der Waals surface area contributed by atoms with Gasteiger partial charge in [-0.15, -0.1) is 0 Å². The normalized spacial score (nSPS) is 10.1. The van der Waals surface area contributed by atoms with Crippen molar-refractivity contribution in [3.63, 3.8) is 0 Å². The highest BCUT2D eigenvalue weighted by Crippen LogP contribution is 2.25. The van der Waals surface area contributed by atoms with Crippen LogP contribution in [0.3, 0.4) is 0 Å². The number of carbonyl (C=O) groups excluding carboxylic acids is 1. The van der Waals surface area contributed by atoms with Gasteiger partial charge >= 0.3 is 5.97 Å². The van der Waals surface area contributed by atoms with E-state index < -0.39 is 5.97 Å². The molecule has 0 saturated carbocycles. The zero-order valence-electron chi connectivity index (χ0n) is 8.77. The summed E-state index contributed by atoms with van der Waals surface area (Å²) in [4.78, 5) is 12.4. The van der Waals surface area contributed by atoms with E-state index in [0.29, 0.717) is 10.3 Å². The fourth-order valence-electron chi connectivity index (χ4n) is 1.42. The number of hydrogen-bond donors (Lipinski definition) is 0. The molecule has 2 nitrogen and oxygen atoms in total. The smallest absolute Gasteiger partial charge is 0.338 e. The molecule has 4 heteroatoms. The molecular formula is C12H9BO2S. The molecule has 1 aromatic carbocycles. The largest absolute Gasteiger partial charge is 0.465 e. The minimum absolute atomic E-state index is 0.393. The van der Waals surface area contributed by atoms with Gasteiger partial charge in [-0.2, -0.15) is 11.3 Å². The summed E-state index contributed by atoms with van der Waals surface area (Å²) in [5.74, 6) is -0.393. The number of hydrogen-bond acceptors (Lipinski definition) is 3. The minimum atomic E-state index is -0.393. The van der Waals surface area contributed by atoms with Crippen LogP contribution in [0.2, 0.25) is 0 Å². The first-order valence-corrected chi connectivity index (χ1v) is 5.57. The molecule has 2 aromatic rings. The Labute approximate surface area is 99.3 Å². The third kappa shape index (κ3) is 2.02. The number of carbonyl (C=O) groups is 1. The zero-order chi connectivity index (χ0) is 11.5. The molecule has 1 heterocycles. The van der Waals surface area contributed by atoms with Crippen LogP contribution in [0.4, 0.5) is 0 Å². The minimum Gasteiger partial charge on any atom is -0.465 e. The molecule has 0 saturated heterocycles. The SMILES string of the molecule is [B]c1sc(-c2ccccc2)cc1C(=O)OC. The molecule has 0 unspecified atom stereocenters. The molecule has 0 atom stereocenters. The monoisotopic (exact) mass is 228 g/mol. The molecule has 0 amide bonds. The summed E-state index contributed by atoms with van der Waals surface area (Å²) in [5, 5.41) is 0. The lowest BCUT2D eigenvalue weighted by molar-refractivity contribution is 0.0603. The Bertz CT molecular complexity index is 505. The maximum absolute atomic E-state index is 11.4. The van der Waals surface area contributed by atoms with Crippen LogP contribution in [0.15, 0.2) is 36.4 Å². The quantitative estimate of drug-likeness (QED) is 0.580. The second kappa shape index (κ2) is 4.53. The fourth-order valence-corrected chi connectivity index (χ4v) is 2.34. The first-order chi connectivity index (χ1) is 7.72. The third-order valence-corrected chi connectivity index (χ3v) is 3.24. The van der Waals surface area contributed by atoms with Crippen molar-refractivity contribution in [3.05, 3.63) is 42.0 Å². The van der Waals surface area contributed by atoms with Crippen LogP contribution in [0.1, 0.15) is 10.4 Å². The molecular weight excluding hydrogens is 219 g/mol. The van der Waals surface area contributed by atoms with Crippen molar-refractivity contribution in [2.75, 3.05) is 7.11 Å². The molecule has 16 heavy (non-hydrogen) atoms. The Morgan fingerprint density at radius 2 is 2.00 bits per heavy atom. The lowest BCUT2D eigenvalue weighted by Gasteiger charge is -1.95. The number of thiophene rings is 1. The van der Waals surface area contributed by atoms with E-state index in [0.717, 1.165) is 10.4 Å². The highest BCUT2D eigenvalue weighted by Gasteiger charge is 2.13. The predicted octanol–water partition coefficient (Wildman–Crippen LogP) is 2.00. The first kappa shape index (κ1) is 11.0. The summed E-state index contributed by atoms with van der Waals surface area (Å²) < 4.78 is 5.15. The van der Waals surface area contributed by atoms with E-state index in [1.807, 2.05) is 30.3 Å². The van der Waals surface area contributed by atoms with E-state index in [-0.39, 0.29) is 0 Å². The van der Waals surface area contributed by atoms with Gasteiger partial charge in [-0.25, -0.2) is 4.79 Å². The Morgan fingerprint density at radius 1 is 1.31 bits per heavy atom. The van der Waals surface area contributed by atoms with Crippen LogP contribution < -0.4 is 4.78 Å². The molecule has 1 aromatic heterocycles. The topological polar surface area (TPSA) is 26.3 Å². The van der Waals surface area contributed by atoms with Crippen LogP contribution in [-0.4, -0.2) is 20.9 Å². The van der Waals surface area contributed by atoms with Crippen molar-refractivity contribution in [1.82, 2.24) is 0 Å². The van der Waals surface area contributed by atoms with Gasteiger partial charge in [0.1, 0.15) is 7.85 Å². The molecule has 0 aliphatic carbocycles. The van der Waals surface area contributed by atoms with Gasteiger partial charge < -0.3 is 4.74 Å². The van der Waals surface area contributed by atoms with Crippen molar-refractivity contribution in [3.8, 4) is 10.4 Å². The first-order valence-electron chi connectivity index (χ1n) is 4.75. The van der Waals surface area contributed by atoms with Gasteiger partial charge in [-0.1, -0.05) is 30.3 Å². The molecule has 0 N–H and O–H groups in total. The van der Waals surface area contributed by atoms with Gasteiger partial charge in [-0.05, 0) is 16.4 Å². The van der Waals surface area contributed by atoms with Gasteiger partial charge in [0.25, 0.3) is 0 Å². The predicted molar refractivity (Wildman–Crippen MR) is 66.5 cm³/mol. The third-order valence-electron chi connectivity index (χ3n) is 2.22. The summed E-state index contributed by atoms with van der Waals surface area (Å²) >= 11 is 1.39. The van der Waals surface area contributed by atoms with Gasteiger partial charge in [0.2, 0.25) is 0 Å². The molecule has 0 aliphatic rings. The van der Waals surface area contributed by atoms with Crippen molar-refractivity contribution in [2.45, 2.75) is 0 Å².